The van der Waals surface area contributed by atoms with Crippen LogP contribution in [0.4, 0.5) is 11.4 Å². The maximum atomic E-state index is 7.30. The standard InChI is InChI=1S/C44H50ClN4.BrH/c1-43(2)38(48(28-10-26-46)36-22-18-30-12-5-7-16-34(30)40(36)43)24-20-32-14-9-15-33(42(32)45)21-25-39-44(3,4)41-35-17-8-6-13-31(35)19-23-37(41)49(39)29-11-27-47;/h5-8,12-13,16-25H,9-11,14-15,26-29,46-47H2,1-4H3;1H/q+1;/p-1. The first-order valence-electron chi connectivity index (χ1n) is 18.0. The van der Waals surface area contributed by atoms with Crippen LogP contribution < -0.4 is 33.3 Å². The van der Waals surface area contributed by atoms with E-state index in [2.05, 4.69) is 134 Å². The Labute approximate surface area is 313 Å². The fourth-order valence-electron chi connectivity index (χ4n) is 8.62. The zero-order valence-corrected chi connectivity index (χ0v) is 32.2. The van der Waals surface area contributed by atoms with Crippen LogP contribution in [0.3, 0.4) is 0 Å². The lowest BCUT2D eigenvalue weighted by Crippen LogP contribution is -3.00. The van der Waals surface area contributed by atoms with E-state index >= 15 is 0 Å². The molecule has 4 aromatic rings. The van der Waals surface area contributed by atoms with Crippen LogP contribution in [0.15, 0.2) is 119 Å². The SMILES string of the molecule is CC1(C)C(/C=C/C2=C(Cl)C(=C/C=C3/N(CCCN)c4ccc5ccccc5c4C3(C)C)/CCC2)=[N+](CCCN)c2ccc3ccccc3c21.[Br-]. The van der Waals surface area contributed by atoms with Crippen molar-refractivity contribution in [2.75, 3.05) is 31.1 Å². The quantitative estimate of drug-likeness (QED) is 0.183. The van der Waals surface area contributed by atoms with Crippen LogP contribution in [0.1, 0.15) is 70.9 Å². The molecular weight excluding hydrogens is 700 g/mol. The largest absolute Gasteiger partial charge is 1.00 e. The van der Waals surface area contributed by atoms with Gasteiger partial charge in [0.15, 0.2) is 12.3 Å². The fraction of sp³-hybridized carbons (Fsp3) is 0.341. The number of fused-ring (bicyclic) bond motifs is 6. The molecule has 0 amide bonds. The molecule has 4 aromatic carbocycles. The summed E-state index contributed by atoms with van der Waals surface area (Å²) in [6.07, 6.45) is 14.1. The van der Waals surface area contributed by atoms with Crippen LogP contribution in [0, 0.1) is 0 Å². The zero-order valence-electron chi connectivity index (χ0n) is 29.9. The number of halogens is 2. The minimum Gasteiger partial charge on any atom is -1.00 e. The van der Waals surface area contributed by atoms with Crippen LogP contribution in [0.2, 0.25) is 0 Å². The first-order chi connectivity index (χ1) is 23.7. The first-order valence-corrected chi connectivity index (χ1v) is 18.4. The van der Waals surface area contributed by atoms with Crippen molar-refractivity contribution in [1.82, 2.24) is 0 Å². The highest BCUT2D eigenvalue weighted by atomic mass is 79.9. The summed E-state index contributed by atoms with van der Waals surface area (Å²) in [7, 11) is 0. The highest BCUT2D eigenvalue weighted by molar-refractivity contribution is 6.32. The van der Waals surface area contributed by atoms with Crippen molar-refractivity contribution in [3.63, 3.8) is 0 Å². The van der Waals surface area contributed by atoms with Crippen molar-refractivity contribution in [2.45, 2.75) is 70.6 Å². The van der Waals surface area contributed by atoms with Gasteiger partial charge in [0.25, 0.3) is 0 Å². The predicted molar refractivity (Wildman–Crippen MR) is 210 cm³/mol. The molecule has 0 aromatic heterocycles. The molecule has 7 rings (SSSR count). The van der Waals surface area contributed by atoms with Crippen molar-refractivity contribution in [3.8, 4) is 0 Å². The van der Waals surface area contributed by atoms with E-state index in [1.54, 1.807) is 0 Å². The Morgan fingerprint density at radius 3 is 2.12 bits per heavy atom. The Morgan fingerprint density at radius 1 is 0.760 bits per heavy atom. The van der Waals surface area contributed by atoms with Gasteiger partial charge in [-0.25, -0.2) is 0 Å². The van der Waals surface area contributed by atoms with Gasteiger partial charge in [0.05, 0.1) is 5.41 Å². The second kappa shape index (κ2) is 14.6. The molecule has 2 heterocycles. The molecule has 50 heavy (non-hydrogen) atoms. The molecule has 0 bridgehead atoms. The summed E-state index contributed by atoms with van der Waals surface area (Å²) in [6.45, 7) is 12.5. The van der Waals surface area contributed by atoms with Crippen LogP contribution in [0.5, 0.6) is 0 Å². The van der Waals surface area contributed by atoms with Gasteiger partial charge in [0, 0.05) is 52.5 Å². The Balaban J connectivity index is 0.00000432. The molecule has 4 nitrogen and oxygen atoms in total. The number of hydrogen-bond donors (Lipinski definition) is 2. The molecule has 0 radical (unpaired) electrons. The lowest BCUT2D eigenvalue weighted by atomic mass is 9.78. The Hall–Kier alpha value is -3.48. The summed E-state index contributed by atoms with van der Waals surface area (Å²) >= 11 is 7.30. The van der Waals surface area contributed by atoms with Gasteiger partial charge in [-0.1, -0.05) is 92.2 Å². The zero-order chi connectivity index (χ0) is 34.3. The average molecular weight is 750 g/mol. The second-order valence-corrected chi connectivity index (χ2v) is 15.2. The van der Waals surface area contributed by atoms with Gasteiger partial charge in [0.1, 0.15) is 0 Å². The topological polar surface area (TPSA) is 58.3 Å². The molecule has 260 valence electrons. The van der Waals surface area contributed by atoms with Crippen molar-refractivity contribution >= 4 is 50.2 Å². The van der Waals surface area contributed by atoms with E-state index in [1.165, 1.54) is 66.6 Å². The minimum atomic E-state index is -0.160. The Morgan fingerprint density at radius 2 is 1.42 bits per heavy atom. The van der Waals surface area contributed by atoms with E-state index in [4.69, 9.17) is 23.1 Å². The van der Waals surface area contributed by atoms with E-state index in [0.29, 0.717) is 13.1 Å². The molecular formula is C44H50BrClN4. The van der Waals surface area contributed by atoms with Gasteiger partial charge in [-0.05, 0) is 109 Å². The molecule has 4 N–H and O–H groups in total. The van der Waals surface area contributed by atoms with Crippen molar-refractivity contribution in [1.29, 1.82) is 0 Å². The molecule has 0 saturated carbocycles. The summed E-state index contributed by atoms with van der Waals surface area (Å²) in [4.78, 5) is 2.49. The molecule has 3 aliphatic rings. The summed E-state index contributed by atoms with van der Waals surface area (Å²) in [5.41, 5.74) is 22.1. The number of benzene rings is 4. The number of nitrogens with two attached hydrogens (primary N) is 2. The summed E-state index contributed by atoms with van der Waals surface area (Å²) in [6, 6.07) is 26.6. The van der Waals surface area contributed by atoms with Gasteiger partial charge in [-0.3, -0.25) is 0 Å². The van der Waals surface area contributed by atoms with Gasteiger partial charge in [0.2, 0.25) is 5.69 Å². The number of anilines is 1. The molecule has 0 saturated heterocycles. The first kappa shape index (κ1) is 36.3. The Kier molecular flexibility index (Phi) is 10.6. The van der Waals surface area contributed by atoms with Gasteiger partial charge in [-0.2, -0.15) is 4.58 Å². The maximum Gasteiger partial charge on any atom is 0.210 e. The van der Waals surface area contributed by atoms with E-state index in [0.717, 1.165) is 50.2 Å². The summed E-state index contributed by atoms with van der Waals surface area (Å²) in [5, 5.41) is 6.10. The van der Waals surface area contributed by atoms with Crippen LogP contribution in [-0.4, -0.2) is 36.5 Å². The number of allylic oxidation sites excluding steroid dienone is 8. The van der Waals surface area contributed by atoms with E-state index < -0.39 is 0 Å². The number of nitrogens with zero attached hydrogens (tertiary/aromatic N) is 2. The molecule has 1 aliphatic carbocycles. The van der Waals surface area contributed by atoms with E-state index in [1.807, 2.05) is 0 Å². The number of hydrogen-bond acceptors (Lipinski definition) is 3. The van der Waals surface area contributed by atoms with Crippen LogP contribution in [0.25, 0.3) is 21.5 Å². The summed E-state index contributed by atoms with van der Waals surface area (Å²) in [5.74, 6) is 0. The smallest absolute Gasteiger partial charge is 0.210 e. The monoisotopic (exact) mass is 748 g/mol. The second-order valence-electron chi connectivity index (χ2n) is 14.9. The average Bonchev–Trinajstić information content (AvgIpc) is 3.46. The van der Waals surface area contributed by atoms with Crippen molar-refractivity contribution < 1.29 is 21.6 Å². The highest BCUT2D eigenvalue weighted by Crippen LogP contribution is 2.51. The fourth-order valence-corrected chi connectivity index (χ4v) is 8.93. The Bertz CT molecular complexity index is 2100. The highest BCUT2D eigenvalue weighted by Gasteiger charge is 2.45. The minimum absolute atomic E-state index is 0. The third kappa shape index (κ3) is 6.21. The van der Waals surface area contributed by atoms with Crippen LogP contribution in [-0.2, 0) is 10.8 Å². The predicted octanol–water partition coefficient (Wildman–Crippen LogP) is 6.91. The molecule has 0 spiro atoms. The van der Waals surface area contributed by atoms with Gasteiger partial charge < -0.3 is 33.3 Å². The summed E-state index contributed by atoms with van der Waals surface area (Å²) < 4.78 is 2.49. The molecule has 0 atom stereocenters. The van der Waals surface area contributed by atoms with Crippen molar-refractivity contribution in [2.24, 2.45) is 11.5 Å². The molecule has 6 heteroatoms. The molecule has 2 aliphatic heterocycles. The lowest BCUT2D eigenvalue weighted by Gasteiger charge is -2.27. The normalized spacial score (nSPS) is 19.7. The third-order valence-corrected chi connectivity index (χ3v) is 11.5. The number of rotatable bonds is 9. The van der Waals surface area contributed by atoms with E-state index in [9.17, 15) is 0 Å². The molecule has 0 unspecified atom stereocenters. The van der Waals surface area contributed by atoms with Crippen molar-refractivity contribution in [3.05, 3.63) is 130 Å². The third-order valence-electron chi connectivity index (χ3n) is 11.0. The van der Waals surface area contributed by atoms with E-state index in [-0.39, 0.29) is 27.8 Å². The van der Waals surface area contributed by atoms with Gasteiger partial charge in [-0.15, -0.1) is 0 Å². The lowest BCUT2D eigenvalue weighted by molar-refractivity contribution is -0.437. The maximum absolute atomic E-state index is 7.30. The van der Waals surface area contributed by atoms with Crippen LogP contribution >= 0.6 is 11.6 Å². The van der Waals surface area contributed by atoms with Gasteiger partial charge >= 0.3 is 0 Å². The molecule has 0 fully saturated rings.